The standard InChI is InChI=1S/C6H6Cl6.F2S/c7-1-2(8)4(10)6(12)5(11)3(1)9;1-3-2/h1-6H;. The fourth-order valence-electron chi connectivity index (χ4n) is 1.05. The molecule has 0 radical (unpaired) electrons. The lowest BCUT2D eigenvalue weighted by atomic mass is 9.97. The van der Waals surface area contributed by atoms with Crippen molar-refractivity contribution in [3.63, 3.8) is 0 Å². The van der Waals surface area contributed by atoms with E-state index in [1.54, 1.807) is 0 Å². The average Bonchev–Trinajstić information content (AvgIpc) is 2.22. The molecule has 0 amide bonds. The van der Waals surface area contributed by atoms with Crippen molar-refractivity contribution in [1.82, 2.24) is 0 Å². The minimum Gasteiger partial charge on any atom is -0.127 e. The van der Waals surface area contributed by atoms with Crippen molar-refractivity contribution in [3.05, 3.63) is 0 Å². The maximum absolute atomic E-state index is 9.54. The summed E-state index contributed by atoms with van der Waals surface area (Å²) in [5.74, 6) is 0. The van der Waals surface area contributed by atoms with Crippen LogP contribution in [0.5, 0.6) is 0 Å². The fourth-order valence-corrected chi connectivity index (χ4v) is 3.38. The van der Waals surface area contributed by atoms with E-state index in [4.69, 9.17) is 69.6 Å². The highest BCUT2D eigenvalue weighted by Crippen LogP contribution is 2.39. The molecule has 0 aromatic carbocycles. The van der Waals surface area contributed by atoms with Crippen molar-refractivity contribution in [2.45, 2.75) is 32.3 Å². The SMILES string of the molecule is ClC1C(Cl)C(Cl)C(Cl)C(Cl)C1Cl.FSF. The van der Waals surface area contributed by atoms with Gasteiger partial charge < -0.3 is 0 Å². The highest BCUT2D eigenvalue weighted by molar-refractivity contribution is 7.89. The fraction of sp³-hybridized carbons (Fsp3) is 1.00. The number of hydrogen-bond donors (Lipinski definition) is 0. The van der Waals surface area contributed by atoms with Gasteiger partial charge in [0.05, 0.1) is 32.3 Å². The lowest BCUT2D eigenvalue weighted by molar-refractivity contribution is 0.544. The third-order valence-electron chi connectivity index (χ3n) is 1.83. The Kier molecular flexibility index (Phi) is 9.18. The van der Waals surface area contributed by atoms with E-state index in [2.05, 4.69) is 0 Å². The van der Waals surface area contributed by atoms with Crippen LogP contribution in [-0.4, -0.2) is 32.3 Å². The normalized spacial score (nSPS) is 45.6. The zero-order valence-electron chi connectivity index (χ0n) is 6.90. The van der Waals surface area contributed by atoms with Crippen molar-refractivity contribution in [2.24, 2.45) is 0 Å². The van der Waals surface area contributed by atoms with E-state index in [0.29, 0.717) is 0 Å². The summed E-state index contributed by atoms with van der Waals surface area (Å²) in [6, 6.07) is 0. The van der Waals surface area contributed by atoms with Gasteiger partial charge in [-0.2, -0.15) is 0 Å². The van der Waals surface area contributed by atoms with Crippen LogP contribution in [-0.2, 0) is 0 Å². The molecule has 15 heavy (non-hydrogen) atoms. The molecule has 0 aromatic rings. The first kappa shape index (κ1) is 16.9. The van der Waals surface area contributed by atoms with Crippen LogP contribution in [0.15, 0.2) is 0 Å². The summed E-state index contributed by atoms with van der Waals surface area (Å²) in [6.07, 6.45) is 0. The highest BCUT2D eigenvalue weighted by Gasteiger charge is 2.46. The Morgan fingerprint density at radius 1 is 0.533 bits per heavy atom. The third-order valence-corrected chi connectivity index (χ3v) is 5.86. The predicted octanol–water partition coefficient (Wildman–Crippen LogP) is 5.13. The molecule has 1 aliphatic rings. The topological polar surface area (TPSA) is 0 Å². The largest absolute Gasteiger partial charge is 0.255 e. The van der Waals surface area contributed by atoms with E-state index >= 15 is 0 Å². The van der Waals surface area contributed by atoms with Crippen LogP contribution in [0.25, 0.3) is 0 Å². The first-order chi connectivity index (χ1) is 6.88. The second kappa shape index (κ2) is 8.12. The number of rotatable bonds is 0. The van der Waals surface area contributed by atoms with Crippen LogP contribution in [0.3, 0.4) is 0 Å². The van der Waals surface area contributed by atoms with Gasteiger partial charge in [0.2, 0.25) is 0 Å². The van der Waals surface area contributed by atoms with E-state index in [1.165, 1.54) is 0 Å². The molecule has 1 rings (SSSR count). The molecule has 0 heterocycles. The molecular formula is C6H6Cl6F2S. The molecule has 0 atom stereocenters. The molecule has 0 saturated heterocycles. The van der Waals surface area contributed by atoms with E-state index in [1.807, 2.05) is 0 Å². The Labute approximate surface area is 121 Å². The second-order valence-corrected chi connectivity index (χ2v) is 5.87. The summed E-state index contributed by atoms with van der Waals surface area (Å²) >= 11 is 34.0. The van der Waals surface area contributed by atoms with Crippen molar-refractivity contribution in [1.29, 1.82) is 0 Å². The number of alkyl halides is 6. The molecule has 0 N–H and O–H groups in total. The van der Waals surface area contributed by atoms with Crippen LogP contribution in [0.2, 0.25) is 0 Å². The van der Waals surface area contributed by atoms with Crippen LogP contribution >= 0.6 is 82.1 Å². The van der Waals surface area contributed by atoms with Crippen molar-refractivity contribution < 1.29 is 7.77 Å². The predicted molar refractivity (Wildman–Crippen MR) is 67.7 cm³/mol. The van der Waals surface area contributed by atoms with Gasteiger partial charge in [-0.05, 0) is 0 Å². The zero-order valence-corrected chi connectivity index (χ0v) is 12.2. The Hall–Kier alpha value is 1.95. The van der Waals surface area contributed by atoms with Gasteiger partial charge in [-0.3, -0.25) is 0 Å². The first-order valence-electron chi connectivity index (χ1n) is 3.62. The summed E-state index contributed by atoms with van der Waals surface area (Å²) in [6.45, 7) is 0. The monoisotopic (exact) mass is 358 g/mol. The molecule has 1 saturated carbocycles. The quantitative estimate of drug-likeness (QED) is 0.539. The van der Waals surface area contributed by atoms with Crippen molar-refractivity contribution in [3.8, 4) is 0 Å². The van der Waals surface area contributed by atoms with Gasteiger partial charge in [0.25, 0.3) is 12.5 Å². The minimum absolute atomic E-state index is 0.437. The molecule has 1 aliphatic carbocycles. The van der Waals surface area contributed by atoms with Crippen LogP contribution in [0.1, 0.15) is 0 Å². The van der Waals surface area contributed by atoms with Gasteiger partial charge in [-0.25, -0.2) is 0 Å². The Morgan fingerprint density at radius 2 is 0.600 bits per heavy atom. The van der Waals surface area contributed by atoms with Gasteiger partial charge >= 0.3 is 0 Å². The zero-order chi connectivity index (χ0) is 12.2. The van der Waals surface area contributed by atoms with Crippen LogP contribution in [0.4, 0.5) is 7.77 Å². The molecule has 0 nitrogen and oxygen atoms in total. The molecule has 0 bridgehead atoms. The van der Waals surface area contributed by atoms with Crippen LogP contribution < -0.4 is 0 Å². The van der Waals surface area contributed by atoms with Crippen LogP contribution in [0, 0.1) is 0 Å². The summed E-state index contributed by atoms with van der Waals surface area (Å²) in [5.41, 5.74) is 0. The first-order valence-corrected chi connectivity index (χ1v) is 6.85. The highest BCUT2D eigenvalue weighted by atomic mass is 35.5. The second-order valence-electron chi connectivity index (χ2n) is 2.72. The smallest absolute Gasteiger partial charge is 0.127 e. The number of halogens is 8. The Bertz CT molecular complexity index is 128. The van der Waals surface area contributed by atoms with Gasteiger partial charge in [-0.15, -0.1) is 77.4 Å². The van der Waals surface area contributed by atoms with E-state index in [9.17, 15) is 7.77 Å². The average molecular weight is 361 g/mol. The molecule has 0 aliphatic heterocycles. The van der Waals surface area contributed by atoms with E-state index in [0.717, 1.165) is 0 Å². The third kappa shape index (κ3) is 4.61. The summed E-state index contributed by atoms with van der Waals surface area (Å²) in [4.78, 5) is 0. The van der Waals surface area contributed by atoms with E-state index in [-0.39, 0.29) is 0 Å². The summed E-state index contributed by atoms with van der Waals surface area (Å²) in [7, 11) is 0. The van der Waals surface area contributed by atoms with Crippen molar-refractivity contribution >= 4 is 82.1 Å². The molecular weight excluding hydrogens is 355 g/mol. The summed E-state index contributed by atoms with van der Waals surface area (Å²) < 4.78 is 19.1. The molecule has 1 fully saturated rings. The van der Waals surface area contributed by atoms with Crippen molar-refractivity contribution in [2.75, 3.05) is 0 Å². The van der Waals surface area contributed by atoms with Gasteiger partial charge in [-0.1, -0.05) is 0 Å². The van der Waals surface area contributed by atoms with Gasteiger partial charge in [0, 0.05) is 0 Å². The Balaban J connectivity index is 0.000000583. The lowest BCUT2D eigenvalue weighted by Gasteiger charge is -2.37. The maximum Gasteiger partial charge on any atom is 0.255 e. The Morgan fingerprint density at radius 3 is 0.667 bits per heavy atom. The van der Waals surface area contributed by atoms with E-state index < -0.39 is 44.8 Å². The van der Waals surface area contributed by atoms with Gasteiger partial charge in [0.1, 0.15) is 0 Å². The lowest BCUT2D eigenvalue weighted by Crippen LogP contribution is -2.52. The maximum atomic E-state index is 9.54. The molecule has 92 valence electrons. The molecule has 0 aromatic heterocycles. The van der Waals surface area contributed by atoms with Gasteiger partial charge in [0.15, 0.2) is 0 Å². The molecule has 0 spiro atoms. The minimum atomic E-state index is -1.25. The number of hydrogen-bond acceptors (Lipinski definition) is 1. The molecule has 9 heteroatoms. The summed E-state index contributed by atoms with van der Waals surface area (Å²) in [5, 5.41) is -2.62. The molecule has 0 unspecified atom stereocenters.